The van der Waals surface area contributed by atoms with Crippen LogP contribution in [0.1, 0.15) is 28.2 Å². The predicted octanol–water partition coefficient (Wildman–Crippen LogP) is 4.95. The fraction of sp³-hybridized carbons (Fsp3) is 0.143. The molecule has 2 aromatic carbocycles. The first kappa shape index (κ1) is 18.1. The molecule has 2 heterocycles. The fourth-order valence-electron chi connectivity index (χ4n) is 2.70. The maximum absolute atomic E-state index is 11.6. The van der Waals surface area contributed by atoms with E-state index in [0.717, 1.165) is 21.8 Å². The first-order valence-electron chi connectivity index (χ1n) is 8.70. The molecular weight excluding hydrogens is 374 g/mol. The molecule has 2 aromatic heterocycles. The van der Waals surface area contributed by atoms with E-state index in [9.17, 15) is 4.79 Å². The van der Waals surface area contributed by atoms with Crippen LogP contribution in [0, 0.1) is 6.92 Å². The van der Waals surface area contributed by atoms with Gasteiger partial charge in [0, 0.05) is 18.1 Å². The highest BCUT2D eigenvalue weighted by Gasteiger charge is 2.13. The molecule has 0 atom stereocenters. The normalized spacial score (nSPS) is 10.8. The van der Waals surface area contributed by atoms with Crippen molar-refractivity contribution in [3.63, 3.8) is 0 Å². The van der Waals surface area contributed by atoms with Crippen LogP contribution in [0.25, 0.3) is 22.0 Å². The van der Waals surface area contributed by atoms with E-state index in [4.69, 9.17) is 9.26 Å². The summed E-state index contributed by atoms with van der Waals surface area (Å²) in [5, 5.41) is 4.79. The van der Waals surface area contributed by atoms with E-state index >= 15 is 0 Å². The number of thiazole rings is 1. The zero-order chi connectivity index (χ0) is 19.5. The molecule has 0 radical (unpaired) electrons. The molecule has 7 heteroatoms. The van der Waals surface area contributed by atoms with Crippen molar-refractivity contribution >= 4 is 17.1 Å². The third-order valence-electron chi connectivity index (χ3n) is 4.08. The lowest BCUT2D eigenvalue weighted by atomic mass is 10.2. The minimum Gasteiger partial charge on any atom is -0.484 e. The lowest BCUT2D eigenvalue weighted by molar-refractivity contribution is 0.102. The summed E-state index contributed by atoms with van der Waals surface area (Å²) < 4.78 is 11.0. The van der Waals surface area contributed by atoms with Crippen LogP contribution in [0.4, 0.5) is 0 Å². The van der Waals surface area contributed by atoms with Gasteiger partial charge in [0.2, 0.25) is 5.82 Å². The summed E-state index contributed by atoms with van der Waals surface area (Å²) in [6, 6.07) is 17.2. The molecule has 6 nitrogen and oxygen atoms in total. The molecule has 0 fully saturated rings. The van der Waals surface area contributed by atoms with Crippen LogP contribution in [0.15, 0.2) is 59.1 Å². The molecule has 0 unspecified atom stereocenters. The number of rotatable bonds is 6. The van der Waals surface area contributed by atoms with E-state index in [0.29, 0.717) is 22.3 Å². The van der Waals surface area contributed by atoms with Crippen molar-refractivity contribution in [3.8, 4) is 27.7 Å². The summed E-state index contributed by atoms with van der Waals surface area (Å²) in [6.07, 6.45) is 0. The second kappa shape index (κ2) is 7.74. The Hall–Kier alpha value is -3.32. The van der Waals surface area contributed by atoms with Gasteiger partial charge >= 0.3 is 0 Å². The Morgan fingerprint density at radius 2 is 1.79 bits per heavy atom. The topological polar surface area (TPSA) is 78.1 Å². The van der Waals surface area contributed by atoms with Gasteiger partial charge < -0.3 is 9.26 Å². The molecule has 28 heavy (non-hydrogen) atoms. The smallest absolute Gasteiger partial charge is 0.264 e. The molecule has 0 amide bonds. The quantitative estimate of drug-likeness (QED) is 0.433. The van der Waals surface area contributed by atoms with E-state index in [1.165, 1.54) is 11.3 Å². The van der Waals surface area contributed by atoms with Crippen LogP contribution in [0.3, 0.4) is 0 Å². The predicted molar refractivity (Wildman–Crippen MR) is 106 cm³/mol. The zero-order valence-corrected chi connectivity index (χ0v) is 16.2. The van der Waals surface area contributed by atoms with Gasteiger partial charge in [-0.1, -0.05) is 35.5 Å². The van der Waals surface area contributed by atoms with Gasteiger partial charge in [-0.2, -0.15) is 4.98 Å². The van der Waals surface area contributed by atoms with Crippen molar-refractivity contribution in [1.29, 1.82) is 0 Å². The van der Waals surface area contributed by atoms with Crippen LogP contribution in [-0.2, 0) is 6.61 Å². The van der Waals surface area contributed by atoms with E-state index in [2.05, 4.69) is 15.1 Å². The van der Waals surface area contributed by atoms with Crippen molar-refractivity contribution in [1.82, 2.24) is 15.1 Å². The van der Waals surface area contributed by atoms with Crippen molar-refractivity contribution in [2.75, 3.05) is 0 Å². The largest absolute Gasteiger partial charge is 0.484 e. The molecule has 0 spiro atoms. The Kier molecular flexibility index (Phi) is 4.99. The molecule has 0 bridgehead atoms. The number of aryl methyl sites for hydroxylation is 1. The van der Waals surface area contributed by atoms with Gasteiger partial charge in [0.25, 0.3) is 5.89 Å². The number of ether oxygens (including phenoxy) is 1. The second-order valence-electron chi connectivity index (χ2n) is 6.18. The number of aromatic nitrogens is 3. The lowest BCUT2D eigenvalue weighted by Gasteiger charge is -2.03. The highest BCUT2D eigenvalue weighted by atomic mass is 32.1. The highest BCUT2D eigenvalue weighted by Crippen LogP contribution is 2.29. The minimum absolute atomic E-state index is 0.0376. The molecule has 140 valence electrons. The Balaban J connectivity index is 1.42. The standard InChI is InChI=1S/C21H17N3O3S/c1-13-19(14(2)25)28-21(22-13)16-8-10-17(11-9-16)26-12-18-23-20(24-27-18)15-6-4-3-5-7-15/h3-11H,12H2,1-2H3. The Morgan fingerprint density at radius 3 is 2.46 bits per heavy atom. The van der Waals surface area contributed by atoms with Gasteiger partial charge in [0.05, 0.1) is 10.6 Å². The van der Waals surface area contributed by atoms with Crippen LogP contribution in [0.2, 0.25) is 0 Å². The zero-order valence-electron chi connectivity index (χ0n) is 15.4. The van der Waals surface area contributed by atoms with E-state index in [-0.39, 0.29) is 12.4 Å². The number of hydrogen-bond donors (Lipinski definition) is 0. The number of carbonyl (C=O) groups excluding carboxylic acids is 1. The summed E-state index contributed by atoms with van der Waals surface area (Å²) in [5.74, 6) is 1.67. The molecule has 0 N–H and O–H groups in total. The molecule has 4 aromatic rings. The summed E-state index contributed by atoms with van der Waals surface area (Å²) in [7, 11) is 0. The molecular formula is C21H17N3O3S. The monoisotopic (exact) mass is 391 g/mol. The first-order valence-corrected chi connectivity index (χ1v) is 9.51. The van der Waals surface area contributed by atoms with E-state index in [1.807, 2.05) is 61.5 Å². The number of carbonyl (C=O) groups is 1. The van der Waals surface area contributed by atoms with Crippen molar-refractivity contribution in [2.24, 2.45) is 0 Å². The first-order chi connectivity index (χ1) is 13.6. The number of Topliss-reactive ketones (excluding diaryl/α,β-unsaturated/α-hetero) is 1. The Bertz CT molecular complexity index is 1100. The van der Waals surface area contributed by atoms with Gasteiger partial charge in [-0.3, -0.25) is 4.79 Å². The summed E-state index contributed by atoms with van der Waals surface area (Å²) in [5.41, 5.74) is 2.60. The lowest BCUT2D eigenvalue weighted by Crippen LogP contribution is -1.95. The van der Waals surface area contributed by atoms with Gasteiger partial charge in [0.1, 0.15) is 10.8 Å². The molecule has 0 saturated carbocycles. The van der Waals surface area contributed by atoms with Crippen LogP contribution >= 0.6 is 11.3 Å². The van der Waals surface area contributed by atoms with Crippen LogP contribution < -0.4 is 4.74 Å². The molecule has 0 aliphatic carbocycles. The maximum atomic E-state index is 11.6. The Labute approximate surface area is 165 Å². The number of benzene rings is 2. The van der Waals surface area contributed by atoms with Gasteiger partial charge in [-0.05, 0) is 31.2 Å². The van der Waals surface area contributed by atoms with Crippen molar-refractivity contribution in [3.05, 3.63) is 71.1 Å². The molecule has 0 aliphatic rings. The summed E-state index contributed by atoms with van der Waals surface area (Å²) >= 11 is 1.40. The molecule has 4 rings (SSSR count). The number of nitrogens with zero attached hydrogens (tertiary/aromatic N) is 3. The number of hydrogen-bond acceptors (Lipinski definition) is 7. The Morgan fingerprint density at radius 1 is 1.04 bits per heavy atom. The fourth-order valence-corrected chi connectivity index (χ4v) is 3.67. The van der Waals surface area contributed by atoms with Gasteiger partial charge in [-0.15, -0.1) is 11.3 Å². The van der Waals surface area contributed by atoms with Gasteiger partial charge in [-0.25, -0.2) is 4.98 Å². The van der Waals surface area contributed by atoms with Crippen LogP contribution in [-0.4, -0.2) is 20.9 Å². The maximum Gasteiger partial charge on any atom is 0.264 e. The van der Waals surface area contributed by atoms with Crippen LogP contribution in [0.5, 0.6) is 5.75 Å². The molecule has 0 aliphatic heterocycles. The summed E-state index contributed by atoms with van der Waals surface area (Å²) in [4.78, 5) is 21.1. The van der Waals surface area contributed by atoms with E-state index < -0.39 is 0 Å². The highest BCUT2D eigenvalue weighted by molar-refractivity contribution is 7.17. The minimum atomic E-state index is 0.0376. The second-order valence-corrected chi connectivity index (χ2v) is 7.18. The average molecular weight is 391 g/mol. The third-order valence-corrected chi connectivity index (χ3v) is 5.39. The average Bonchev–Trinajstić information content (AvgIpc) is 3.34. The summed E-state index contributed by atoms with van der Waals surface area (Å²) in [6.45, 7) is 3.59. The molecule has 0 saturated heterocycles. The van der Waals surface area contributed by atoms with Gasteiger partial charge in [0.15, 0.2) is 12.4 Å². The SMILES string of the molecule is CC(=O)c1sc(-c2ccc(OCc3nc(-c4ccccc4)no3)cc2)nc1C. The number of ketones is 1. The van der Waals surface area contributed by atoms with E-state index in [1.54, 1.807) is 6.92 Å². The van der Waals surface area contributed by atoms with Crippen molar-refractivity contribution < 1.29 is 14.1 Å². The third kappa shape index (κ3) is 3.84. The van der Waals surface area contributed by atoms with Crippen molar-refractivity contribution in [2.45, 2.75) is 20.5 Å².